The zero-order valence-electron chi connectivity index (χ0n) is 10.4. The number of aliphatic hydroxyl groups excluding tert-OH is 1. The number of rotatable bonds is 10. The van der Waals surface area contributed by atoms with Gasteiger partial charge in [-0.2, -0.15) is 13.2 Å². The van der Waals surface area contributed by atoms with E-state index in [9.17, 15) is 21.6 Å². The van der Waals surface area contributed by atoms with Crippen molar-refractivity contribution in [2.24, 2.45) is 0 Å². The molecule has 110 valence electrons. The third-order valence-electron chi connectivity index (χ3n) is 2.53. The van der Waals surface area contributed by atoms with Crippen LogP contribution in [0.15, 0.2) is 0 Å². The van der Waals surface area contributed by atoms with Crippen LogP contribution in [0.1, 0.15) is 44.9 Å². The maximum Gasteiger partial charge on any atom is 0.389 e. The largest absolute Gasteiger partial charge is 0.396 e. The van der Waals surface area contributed by atoms with E-state index < -0.39 is 22.4 Å². The van der Waals surface area contributed by atoms with E-state index >= 15 is 0 Å². The Kier molecular flexibility index (Phi) is 8.60. The lowest BCUT2D eigenvalue weighted by atomic mass is 10.2. The van der Waals surface area contributed by atoms with Gasteiger partial charge in [0, 0.05) is 13.0 Å². The molecule has 0 fully saturated rings. The van der Waals surface area contributed by atoms with Gasteiger partial charge < -0.3 is 5.11 Å². The fourth-order valence-electron chi connectivity index (χ4n) is 1.56. The molecule has 0 aliphatic carbocycles. The number of sulfone groups is 1. The average Bonchev–Trinajstić information content (AvgIpc) is 2.21. The highest BCUT2D eigenvalue weighted by Gasteiger charge is 2.27. The van der Waals surface area contributed by atoms with Gasteiger partial charge in [0.2, 0.25) is 0 Å². The highest BCUT2D eigenvalue weighted by Crippen LogP contribution is 2.21. The van der Waals surface area contributed by atoms with Crippen molar-refractivity contribution >= 4 is 9.84 Å². The summed E-state index contributed by atoms with van der Waals surface area (Å²) in [5, 5.41) is 8.53. The van der Waals surface area contributed by atoms with Crippen molar-refractivity contribution in [1.29, 1.82) is 0 Å². The van der Waals surface area contributed by atoms with Crippen LogP contribution in [-0.2, 0) is 9.84 Å². The maximum atomic E-state index is 11.8. The molecule has 0 aromatic rings. The maximum absolute atomic E-state index is 11.8. The molecule has 0 bridgehead atoms. The minimum Gasteiger partial charge on any atom is -0.396 e. The van der Waals surface area contributed by atoms with E-state index in [4.69, 9.17) is 5.11 Å². The highest BCUT2D eigenvalue weighted by molar-refractivity contribution is 7.91. The molecule has 0 aliphatic heterocycles. The molecule has 0 heterocycles. The lowest BCUT2D eigenvalue weighted by Crippen LogP contribution is -2.15. The SMILES string of the molecule is O=S(=O)(CCCCCCCO)CCCC(F)(F)F. The molecular formula is C11H21F3O3S. The number of alkyl halides is 3. The third kappa shape index (κ3) is 12.2. The Morgan fingerprint density at radius 3 is 1.89 bits per heavy atom. The Bertz CT molecular complexity index is 299. The molecule has 0 unspecified atom stereocenters. The van der Waals surface area contributed by atoms with Gasteiger partial charge in [-0.1, -0.05) is 19.3 Å². The molecule has 0 spiro atoms. The highest BCUT2D eigenvalue weighted by atomic mass is 32.2. The van der Waals surface area contributed by atoms with Gasteiger partial charge in [0.25, 0.3) is 0 Å². The first kappa shape index (κ1) is 17.7. The van der Waals surface area contributed by atoms with Crippen LogP contribution in [0.4, 0.5) is 13.2 Å². The second-order valence-electron chi connectivity index (χ2n) is 4.36. The van der Waals surface area contributed by atoms with Crippen molar-refractivity contribution in [3.8, 4) is 0 Å². The van der Waals surface area contributed by atoms with Gasteiger partial charge in [0.15, 0.2) is 0 Å². The summed E-state index contributed by atoms with van der Waals surface area (Å²) in [4.78, 5) is 0. The van der Waals surface area contributed by atoms with Gasteiger partial charge in [0.05, 0.1) is 11.5 Å². The van der Waals surface area contributed by atoms with Gasteiger partial charge in [-0.25, -0.2) is 8.42 Å². The van der Waals surface area contributed by atoms with Crippen molar-refractivity contribution < 1.29 is 26.7 Å². The fraction of sp³-hybridized carbons (Fsp3) is 1.00. The fourth-order valence-corrected chi connectivity index (χ4v) is 2.99. The number of halogens is 3. The van der Waals surface area contributed by atoms with E-state index in [-0.39, 0.29) is 24.5 Å². The lowest BCUT2D eigenvalue weighted by molar-refractivity contribution is -0.134. The van der Waals surface area contributed by atoms with Crippen LogP contribution in [0, 0.1) is 0 Å². The molecule has 0 radical (unpaired) electrons. The first-order valence-corrected chi connectivity index (χ1v) is 7.97. The molecule has 1 N–H and O–H groups in total. The van der Waals surface area contributed by atoms with Crippen molar-refractivity contribution in [3.05, 3.63) is 0 Å². The summed E-state index contributed by atoms with van der Waals surface area (Å²) in [6, 6.07) is 0. The van der Waals surface area contributed by atoms with Gasteiger partial charge in [-0.3, -0.25) is 0 Å². The number of hydrogen-bond acceptors (Lipinski definition) is 3. The van der Waals surface area contributed by atoms with E-state index in [1.54, 1.807) is 0 Å². The lowest BCUT2D eigenvalue weighted by Gasteiger charge is -2.07. The summed E-state index contributed by atoms with van der Waals surface area (Å²) < 4.78 is 58.3. The van der Waals surface area contributed by atoms with E-state index in [2.05, 4.69) is 0 Å². The number of unbranched alkanes of at least 4 members (excludes halogenated alkanes) is 4. The smallest absolute Gasteiger partial charge is 0.389 e. The average molecular weight is 290 g/mol. The van der Waals surface area contributed by atoms with Crippen LogP contribution >= 0.6 is 0 Å². The van der Waals surface area contributed by atoms with E-state index in [1.807, 2.05) is 0 Å². The van der Waals surface area contributed by atoms with Gasteiger partial charge >= 0.3 is 6.18 Å². The normalized spacial score (nSPS) is 12.9. The molecule has 0 aliphatic rings. The van der Waals surface area contributed by atoms with Crippen molar-refractivity contribution in [2.45, 2.75) is 51.1 Å². The van der Waals surface area contributed by atoms with Crippen LogP contribution in [0.5, 0.6) is 0 Å². The Balaban J connectivity index is 3.62. The molecule has 0 saturated carbocycles. The van der Waals surface area contributed by atoms with Crippen molar-refractivity contribution in [1.82, 2.24) is 0 Å². The Morgan fingerprint density at radius 1 is 0.833 bits per heavy atom. The second kappa shape index (κ2) is 8.74. The number of aliphatic hydroxyl groups is 1. The summed E-state index contributed by atoms with van der Waals surface area (Å²) >= 11 is 0. The van der Waals surface area contributed by atoms with Crippen LogP contribution in [0.25, 0.3) is 0 Å². The van der Waals surface area contributed by atoms with Crippen molar-refractivity contribution in [3.63, 3.8) is 0 Å². The quantitative estimate of drug-likeness (QED) is 0.629. The Morgan fingerprint density at radius 2 is 1.33 bits per heavy atom. The molecule has 0 aromatic heterocycles. The predicted octanol–water partition coefficient (Wildman–Crippen LogP) is 2.69. The number of hydrogen-bond donors (Lipinski definition) is 1. The Hall–Kier alpha value is -0.300. The first-order chi connectivity index (χ1) is 8.27. The molecule has 0 saturated heterocycles. The first-order valence-electron chi connectivity index (χ1n) is 6.15. The minimum atomic E-state index is -4.28. The van der Waals surface area contributed by atoms with Crippen LogP contribution in [-0.4, -0.2) is 37.8 Å². The predicted molar refractivity (Wildman–Crippen MR) is 64.1 cm³/mol. The third-order valence-corrected chi connectivity index (χ3v) is 4.35. The molecule has 0 aromatic carbocycles. The monoisotopic (exact) mass is 290 g/mol. The van der Waals surface area contributed by atoms with Crippen LogP contribution in [0.2, 0.25) is 0 Å². The second-order valence-corrected chi connectivity index (χ2v) is 6.67. The van der Waals surface area contributed by atoms with E-state index in [1.165, 1.54) is 0 Å². The van der Waals surface area contributed by atoms with E-state index in [0.717, 1.165) is 19.3 Å². The topological polar surface area (TPSA) is 54.4 Å². The summed E-state index contributed by atoms with van der Waals surface area (Å²) in [7, 11) is -3.35. The molecule has 18 heavy (non-hydrogen) atoms. The van der Waals surface area contributed by atoms with E-state index in [0.29, 0.717) is 12.8 Å². The minimum absolute atomic E-state index is 0.0377. The molecule has 7 heteroatoms. The zero-order valence-corrected chi connectivity index (χ0v) is 11.2. The van der Waals surface area contributed by atoms with Gasteiger partial charge in [0.1, 0.15) is 9.84 Å². The summed E-state index contributed by atoms with van der Waals surface area (Å²) in [5.74, 6) is -0.423. The molecule has 0 amide bonds. The molecule has 0 rings (SSSR count). The summed E-state index contributed by atoms with van der Waals surface area (Å²) in [6.07, 6.45) is -2.04. The zero-order chi connectivity index (χ0) is 14.1. The Labute approximate surface area is 106 Å². The molecular weight excluding hydrogens is 269 g/mol. The molecule has 0 atom stereocenters. The van der Waals surface area contributed by atoms with Crippen LogP contribution in [0.3, 0.4) is 0 Å². The van der Waals surface area contributed by atoms with Gasteiger partial charge in [-0.05, 0) is 19.3 Å². The standard InChI is InChI=1S/C11H21F3O3S/c12-11(13,14)7-6-10-18(16,17)9-5-3-1-2-4-8-15/h15H,1-10H2. The van der Waals surface area contributed by atoms with Gasteiger partial charge in [-0.15, -0.1) is 0 Å². The van der Waals surface area contributed by atoms with Crippen molar-refractivity contribution in [2.75, 3.05) is 18.1 Å². The molecule has 3 nitrogen and oxygen atoms in total. The summed E-state index contributed by atoms with van der Waals surface area (Å²) in [5.41, 5.74) is 0. The summed E-state index contributed by atoms with van der Waals surface area (Å²) in [6.45, 7) is 0.135. The van der Waals surface area contributed by atoms with Crippen LogP contribution < -0.4 is 0 Å².